The number of anilines is 1. The fourth-order valence-corrected chi connectivity index (χ4v) is 2.62. The molecule has 25 heavy (non-hydrogen) atoms. The van der Waals surface area contributed by atoms with E-state index < -0.39 is 0 Å². The third-order valence-corrected chi connectivity index (χ3v) is 3.98. The van der Waals surface area contributed by atoms with Crippen molar-refractivity contribution in [3.8, 4) is 11.5 Å². The van der Waals surface area contributed by atoms with Gasteiger partial charge in [0.1, 0.15) is 5.52 Å². The molecule has 4 rings (SSSR count). The van der Waals surface area contributed by atoms with Gasteiger partial charge in [0.15, 0.2) is 5.58 Å². The van der Waals surface area contributed by atoms with Crippen LogP contribution in [0.1, 0.15) is 15.9 Å². The number of rotatable bonds is 3. The van der Waals surface area contributed by atoms with E-state index in [1.807, 2.05) is 79.7 Å². The number of nitrogens with zero attached hydrogens (tertiary/aromatic N) is 1. The molecule has 0 aliphatic heterocycles. The Labute approximate surface area is 145 Å². The molecule has 122 valence electrons. The maximum Gasteiger partial charge on any atom is 0.255 e. The van der Waals surface area contributed by atoms with Gasteiger partial charge in [-0.15, -0.1) is 0 Å². The summed E-state index contributed by atoms with van der Waals surface area (Å²) in [5.74, 6) is 0.420. The van der Waals surface area contributed by atoms with E-state index in [-0.39, 0.29) is 5.91 Å². The molecule has 0 saturated carbocycles. The van der Waals surface area contributed by atoms with Gasteiger partial charge in [-0.2, -0.15) is 0 Å². The molecular formula is C21H16N2O2. The normalized spacial score (nSPS) is 10.8. The highest BCUT2D eigenvalue weighted by atomic mass is 16.3. The fraction of sp³-hybridized carbons (Fsp3) is 0.0476. The quantitative estimate of drug-likeness (QED) is 0.572. The number of hydrogen-bond acceptors (Lipinski definition) is 3. The summed E-state index contributed by atoms with van der Waals surface area (Å²) in [5, 5.41) is 2.90. The van der Waals surface area contributed by atoms with Gasteiger partial charge in [-0.25, -0.2) is 4.98 Å². The van der Waals surface area contributed by atoms with Crippen molar-refractivity contribution in [2.24, 2.45) is 0 Å². The van der Waals surface area contributed by atoms with Crippen LogP contribution in [0.15, 0.2) is 77.2 Å². The van der Waals surface area contributed by atoms with Crippen molar-refractivity contribution in [3.63, 3.8) is 0 Å². The smallest absolute Gasteiger partial charge is 0.255 e. The summed E-state index contributed by atoms with van der Waals surface area (Å²) < 4.78 is 5.79. The fourth-order valence-electron chi connectivity index (χ4n) is 2.62. The second-order valence-electron chi connectivity index (χ2n) is 5.89. The van der Waals surface area contributed by atoms with Crippen molar-refractivity contribution < 1.29 is 9.21 Å². The van der Waals surface area contributed by atoms with E-state index >= 15 is 0 Å². The van der Waals surface area contributed by atoms with Crippen LogP contribution in [0.3, 0.4) is 0 Å². The summed E-state index contributed by atoms with van der Waals surface area (Å²) in [5.41, 5.74) is 4.74. The Hall–Kier alpha value is -3.40. The molecule has 3 aromatic carbocycles. The van der Waals surface area contributed by atoms with E-state index in [4.69, 9.17) is 4.42 Å². The summed E-state index contributed by atoms with van der Waals surface area (Å²) in [7, 11) is 0. The van der Waals surface area contributed by atoms with Crippen molar-refractivity contribution in [3.05, 3.63) is 83.9 Å². The van der Waals surface area contributed by atoms with Crippen LogP contribution in [-0.4, -0.2) is 10.9 Å². The van der Waals surface area contributed by atoms with Crippen LogP contribution < -0.4 is 5.32 Å². The number of carbonyl (C=O) groups excluding carboxylic acids is 1. The number of aromatic nitrogens is 1. The summed E-state index contributed by atoms with van der Waals surface area (Å²) >= 11 is 0. The molecule has 0 radical (unpaired) electrons. The van der Waals surface area contributed by atoms with Crippen LogP contribution in [0.2, 0.25) is 0 Å². The van der Waals surface area contributed by atoms with Gasteiger partial charge in [-0.05, 0) is 49.4 Å². The average molecular weight is 328 g/mol. The van der Waals surface area contributed by atoms with Gasteiger partial charge in [0.2, 0.25) is 5.89 Å². The highest BCUT2D eigenvalue weighted by Gasteiger charge is 2.10. The Balaban J connectivity index is 1.61. The first kappa shape index (κ1) is 15.1. The van der Waals surface area contributed by atoms with Gasteiger partial charge in [0.25, 0.3) is 5.91 Å². The van der Waals surface area contributed by atoms with E-state index in [2.05, 4.69) is 10.3 Å². The van der Waals surface area contributed by atoms with Gasteiger partial charge >= 0.3 is 0 Å². The lowest BCUT2D eigenvalue weighted by molar-refractivity contribution is 0.102. The monoisotopic (exact) mass is 328 g/mol. The maximum atomic E-state index is 12.3. The first-order valence-corrected chi connectivity index (χ1v) is 8.03. The van der Waals surface area contributed by atoms with Crippen LogP contribution in [0.4, 0.5) is 5.69 Å². The number of oxazole rings is 1. The molecule has 4 heteroatoms. The third kappa shape index (κ3) is 3.15. The van der Waals surface area contributed by atoms with Crippen LogP contribution in [0.5, 0.6) is 0 Å². The summed E-state index contributed by atoms with van der Waals surface area (Å²) in [4.78, 5) is 16.9. The standard InChI is InChI=1S/C21H16N2O2/c1-14-7-9-15(10-8-14)20(24)22-17-11-12-19-18(13-17)23-21(25-19)16-5-3-2-4-6-16/h2-13H,1H3,(H,22,24). The molecule has 0 aliphatic rings. The Bertz CT molecular complexity index is 1030. The van der Waals surface area contributed by atoms with Crippen molar-refractivity contribution in [2.45, 2.75) is 6.92 Å². The highest BCUT2D eigenvalue weighted by molar-refractivity contribution is 6.04. The predicted octanol–water partition coefficient (Wildman–Crippen LogP) is 5.06. The van der Waals surface area contributed by atoms with Gasteiger partial charge in [0, 0.05) is 16.8 Å². The lowest BCUT2D eigenvalue weighted by Crippen LogP contribution is -2.11. The molecule has 0 fully saturated rings. The first-order chi connectivity index (χ1) is 12.2. The molecule has 1 N–H and O–H groups in total. The lowest BCUT2D eigenvalue weighted by atomic mass is 10.1. The molecule has 0 bridgehead atoms. The number of hydrogen-bond donors (Lipinski definition) is 1. The molecule has 1 aromatic heterocycles. The molecule has 0 spiro atoms. The number of amides is 1. The zero-order chi connectivity index (χ0) is 17.2. The van der Waals surface area contributed by atoms with Gasteiger partial charge in [0.05, 0.1) is 0 Å². The van der Waals surface area contributed by atoms with Crippen LogP contribution in [0.25, 0.3) is 22.6 Å². The molecule has 0 atom stereocenters. The van der Waals surface area contributed by atoms with E-state index in [0.29, 0.717) is 28.2 Å². The van der Waals surface area contributed by atoms with Crippen molar-refractivity contribution >= 4 is 22.7 Å². The Morgan fingerprint density at radius 3 is 2.48 bits per heavy atom. The molecule has 1 amide bonds. The zero-order valence-corrected chi connectivity index (χ0v) is 13.7. The zero-order valence-electron chi connectivity index (χ0n) is 13.7. The molecular weight excluding hydrogens is 312 g/mol. The van der Waals surface area contributed by atoms with Gasteiger partial charge in [-0.3, -0.25) is 4.79 Å². The minimum absolute atomic E-state index is 0.147. The number of nitrogens with one attached hydrogen (secondary N) is 1. The van der Waals surface area contributed by atoms with Crippen LogP contribution in [-0.2, 0) is 0 Å². The average Bonchev–Trinajstić information content (AvgIpc) is 3.06. The number of fused-ring (bicyclic) bond motifs is 1. The minimum Gasteiger partial charge on any atom is -0.436 e. The molecule has 0 unspecified atom stereocenters. The van der Waals surface area contributed by atoms with Crippen LogP contribution >= 0.6 is 0 Å². The molecule has 4 nitrogen and oxygen atoms in total. The van der Waals surface area contributed by atoms with Crippen LogP contribution in [0, 0.1) is 6.92 Å². The van der Waals surface area contributed by atoms with Crippen molar-refractivity contribution in [2.75, 3.05) is 5.32 Å². The second kappa shape index (κ2) is 6.24. The first-order valence-electron chi connectivity index (χ1n) is 8.03. The molecule has 4 aromatic rings. The Morgan fingerprint density at radius 2 is 1.72 bits per heavy atom. The molecule has 0 aliphatic carbocycles. The summed E-state index contributed by atoms with van der Waals surface area (Å²) in [6.45, 7) is 1.99. The summed E-state index contributed by atoms with van der Waals surface area (Å²) in [6.07, 6.45) is 0. The van der Waals surface area contributed by atoms with E-state index in [1.54, 1.807) is 0 Å². The third-order valence-electron chi connectivity index (χ3n) is 3.98. The maximum absolute atomic E-state index is 12.3. The number of benzene rings is 3. The topological polar surface area (TPSA) is 55.1 Å². The minimum atomic E-state index is -0.147. The SMILES string of the molecule is Cc1ccc(C(=O)Nc2ccc3oc(-c4ccccc4)nc3c2)cc1. The van der Waals surface area contributed by atoms with E-state index in [0.717, 1.165) is 11.1 Å². The van der Waals surface area contributed by atoms with Crippen molar-refractivity contribution in [1.29, 1.82) is 0 Å². The van der Waals surface area contributed by atoms with E-state index in [1.165, 1.54) is 0 Å². The predicted molar refractivity (Wildman–Crippen MR) is 98.6 cm³/mol. The van der Waals surface area contributed by atoms with Gasteiger partial charge < -0.3 is 9.73 Å². The molecule has 0 saturated heterocycles. The second-order valence-corrected chi connectivity index (χ2v) is 5.89. The molecule has 1 heterocycles. The Morgan fingerprint density at radius 1 is 0.960 bits per heavy atom. The van der Waals surface area contributed by atoms with Gasteiger partial charge in [-0.1, -0.05) is 35.9 Å². The Kier molecular flexibility index (Phi) is 3.78. The highest BCUT2D eigenvalue weighted by Crippen LogP contribution is 2.26. The largest absolute Gasteiger partial charge is 0.436 e. The van der Waals surface area contributed by atoms with E-state index in [9.17, 15) is 4.79 Å². The summed E-state index contributed by atoms with van der Waals surface area (Å²) in [6, 6.07) is 22.6. The lowest BCUT2D eigenvalue weighted by Gasteiger charge is -2.05. The number of aryl methyl sites for hydroxylation is 1. The van der Waals surface area contributed by atoms with Crippen molar-refractivity contribution in [1.82, 2.24) is 4.98 Å². The number of carbonyl (C=O) groups is 1.